The molecule has 53 heavy (non-hydrogen) atoms. The molecule has 250 valence electrons. The van der Waals surface area contributed by atoms with Crippen molar-refractivity contribution in [3.63, 3.8) is 0 Å². The van der Waals surface area contributed by atoms with Crippen molar-refractivity contribution in [2.24, 2.45) is 9.98 Å². The third kappa shape index (κ3) is 6.46. The number of benzene rings is 8. The third-order valence-corrected chi connectivity index (χ3v) is 9.66. The summed E-state index contributed by atoms with van der Waals surface area (Å²) in [6.07, 6.45) is 1.81. The molecule has 0 saturated carbocycles. The highest BCUT2D eigenvalue weighted by atomic mass is 16.3. The number of fused-ring (bicyclic) bond motifs is 4. The molecule has 9 rings (SSSR count). The molecule has 0 aliphatic rings. The molecular formula is C49H33N3O. The first-order chi connectivity index (χ1) is 26.2. The summed E-state index contributed by atoms with van der Waals surface area (Å²) in [4.78, 5) is 9.66. The van der Waals surface area contributed by atoms with Gasteiger partial charge in [-0.15, -0.1) is 0 Å². The zero-order valence-electron chi connectivity index (χ0n) is 28.8. The maximum atomic E-state index is 9.23. The quantitative estimate of drug-likeness (QED) is 0.138. The summed E-state index contributed by atoms with van der Waals surface area (Å²) in [5.74, 6) is 0.571. The first kappa shape index (κ1) is 31.8. The van der Waals surface area contributed by atoms with Gasteiger partial charge in [-0.2, -0.15) is 0 Å². The summed E-state index contributed by atoms with van der Waals surface area (Å²) >= 11 is 0. The zero-order chi connectivity index (χ0) is 35.6. The van der Waals surface area contributed by atoms with Crippen LogP contribution in [-0.4, -0.2) is 17.9 Å². The van der Waals surface area contributed by atoms with Crippen LogP contribution in [0.4, 0.5) is 0 Å². The van der Waals surface area contributed by atoms with Gasteiger partial charge in [0.15, 0.2) is 11.7 Å². The number of hydrogen-bond acceptors (Lipinski definition) is 2. The molecule has 0 spiro atoms. The minimum atomic E-state index is 0.113. The van der Waals surface area contributed by atoms with Gasteiger partial charge in [-0.3, -0.25) is 5.41 Å². The molecule has 0 unspecified atom stereocenters. The first-order valence-corrected chi connectivity index (χ1v) is 17.6. The number of amidine groups is 2. The summed E-state index contributed by atoms with van der Waals surface area (Å²) in [5.41, 5.74) is 10.8. The summed E-state index contributed by atoms with van der Waals surface area (Å²) in [6.45, 7) is 0. The lowest BCUT2D eigenvalue weighted by Gasteiger charge is -2.06. The van der Waals surface area contributed by atoms with Crippen LogP contribution in [-0.2, 0) is 0 Å². The number of nitrogens with zero attached hydrogens (tertiary/aromatic N) is 2. The lowest BCUT2D eigenvalue weighted by molar-refractivity contribution is 0.669. The van der Waals surface area contributed by atoms with Gasteiger partial charge in [-0.05, 0) is 74.0 Å². The van der Waals surface area contributed by atoms with E-state index in [4.69, 9.17) is 14.4 Å². The average Bonchev–Trinajstić information content (AvgIpc) is 3.61. The monoisotopic (exact) mass is 679 g/mol. The minimum absolute atomic E-state index is 0.113. The molecule has 1 heterocycles. The Labute approximate surface area is 307 Å². The lowest BCUT2D eigenvalue weighted by atomic mass is 9.99. The van der Waals surface area contributed by atoms with Gasteiger partial charge < -0.3 is 4.42 Å². The molecule has 0 amide bonds. The molecular weight excluding hydrogens is 647 g/mol. The highest BCUT2D eigenvalue weighted by molar-refractivity contribution is 6.21. The van der Waals surface area contributed by atoms with E-state index in [1.807, 2.05) is 60.8 Å². The summed E-state index contributed by atoms with van der Waals surface area (Å²) in [5, 5.41) is 13.4. The van der Waals surface area contributed by atoms with Crippen LogP contribution in [0.25, 0.3) is 66.1 Å². The first-order valence-electron chi connectivity index (χ1n) is 17.6. The molecule has 0 radical (unpaired) electrons. The fraction of sp³-hybridized carbons (Fsp3) is 0. The highest BCUT2D eigenvalue weighted by Gasteiger charge is 2.16. The van der Waals surface area contributed by atoms with Crippen molar-refractivity contribution >= 4 is 50.6 Å². The molecule has 0 fully saturated rings. The Morgan fingerprint density at radius 1 is 0.472 bits per heavy atom. The number of rotatable bonds is 6. The second kappa shape index (κ2) is 13.9. The zero-order valence-corrected chi connectivity index (χ0v) is 28.8. The van der Waals surface area contributed by atoms with Gasteiger partial charge in [-0.25, -0.2) is 9.98 Å². The molecule has 4 nitrogen and oxygen atoms in total. The molecule has 0 aliphatic heterocycles. The third-order valence-electron chi connectivity index (χ3n) is 9.66. The van der Waals surface area contributed by atoms with Gasteiger partial charge in [-0.1, -0.05) is 164 Å². The van der Waals surface area contributed by atoms with Gasteiger partial charge in [0.2, 0.25) is 0 Å². The Morgan fingerprint density at radius 3 is 1.79 bits per heavy atom. The van der Waals surface area contributed by atoms with E-state index >= 15 is 0 Å². The van der Waals surface area contributed by atoms with E-state index in [0.717, 1.165) is 49.7 Å². The Kier molecular flexibility index (Phi) is 8.31. The Hall–Kier alpha value is -7.17. The Balaban J connectivity index is 1.01. The van der Waals surface area contributed by atoms with E-state index in [0.29, 0.717) is 17.0 Å². The van der Waals surface area contributed by atoms with Crippen LogP contribution in [0.3, 0.4) is 0 Å². The molecule has 0 saturated heterocycles. The molecule has 0 atom stereocenters. The van der Waals surface area contributed by atoms with Crippen LogP contribution < -0.4 is 0 Å². The molecule has 0 aliphatic carbocycles. The van der Waals surface area contributed by atoms with Crippen LogP contribution in [0.15, 0.2) is 202 Å². The fourth-order valence-electron chi connectivity index (χ4n) is 6.88. The van der Waals surface area contributed by atoms with Gasteiger partial charge >= 0.3 is 0 Å². The standard InChI is InChI=1S/C49H33N3O/c50-48(44-16-9-17-45-47(44)43-29-28-42(31-46(43)53-45)41-27-26-35-12-7-8-15-40(35)30-41)52-49(39-13-5-2-6-14-39)51-32-33-18-20-36(21-19-33)38-24-22-37(23-25-38)34-10-3-1-4-11-34/h1-32,50H. The van der Waals surface area contributed by atoms with Crippen molar-refractivity contribution in [3.8, 4) is 33.4 Å². The number of aliphatic imine (C=N–C) groups is 2. The molecule has 1 N–H and O–H groups in total. The number of furan rings is 1. The summed E-state index contributed by atoms with van der Waals surface area (Å²) < 4.78 is 6.38. The molecule has 9 aromatic rings. The Bertz CT molecular complexity index is 2810. The van der Waals surface area contributed by atoms with Crippen molar-refractivity contribution in [2.45, 2.75) is 0 Å². The van der Waals surface area contributed by atoms with Crippen LogP contribution in [0, 0.1) is 5.41 Å². The average molecular weight is 680 g/mol. The normalized spacial score (nSPS) is 11.9. The van der Waals surface area contributed by atoms with E-state index in [1.165, 1.54) is 21.9 Å². The van der Waals surface area contributed by atoms with Gasteiger partial charge in [0.05, 0.1) is 0 Å². The van der Waals surface area contributed by atoms with E-state index in [-0.39, 0.29) is 5.84 Å². The maximum absolute atomic E-state index is 9.23. The topological polar surface area (TPSA) is 61.7 Å². The summed E-state index contributed by atoms with van der Waals surface area (Å²) in [6, 6.07) is 64.1. The van der Waals surface area contributed by atoms with Crippen molar-refractivity contribution in [2.75, 3.05) is 0 Å². The molecule has 8 aromatic carbocycles. The van der Waals surface area contributed by atoms with Crippen molar-refractivity contribution in [3.05, 3.63) is 205 Å². The smallest absolute Gasteiger partial charge is 0.161 e. The van der Waals surface area contributed by atoms with Gasteiger partial charge in [0, 0.05) is 28.1 Å². The SMILES string of the molecule is N=C(N=C(N=Cc1ccc(-c2ccc(-c3ccccc3)cc2)cc1)c1ccccc1)c1cccc2oc3cc(-c4ccc5ccccc5c4)ccc3c12. The summed E-state index contributed by atoms with van der Waals surface area (Å²) in [7, 11) is 0. The second-order valence-corrected chi connectivity index (χ2v) is 13.0. The van der Waals surface area contributed by atoms with Gasteiger partial charge in [0.25, 0.3) is 0 Å². The van der Waals surface area contributed by atoms with Crippen LogP contribution in [0.1, 0.15) is 16.7 Å². The maximum Gasteiger partial charge on any atom is 0.161 e. The Morgan fingerprint density at radius 2 is 1.06 bits per heavy atom. The van der Waals surface area contributed by atoms with E-state index < -0.39 is 0 Å². The van der Waals surface area contributed by atoms with Crippen LogP contribution in [0.5, 0.6) is 0 Å². The molecule has 0 bridgehead atoms. The molecule has 4 heteroatoms. The fourth-order valence-corrected chi connectivity index (χ4v) is 6.88. The van der Waals surface area contributed by atoms with Crippen molar-refractivity contribution < 1.29 is 4.42 Å². The van der Waals surface area contributed by atoms with Crippen molar-refractivity contribution in [1.82, 2.24) is 0 Å². The second-order valence-electron chi connectivity index (χ2n) is 13.0. The van der Waals surface area contributed by atoms with E-state index in [1.54, 1.807) is 0 Å². The number of nitrogens with one attached hydrogen (secondary N) is 1. The largest absolute Gasteiger partial charge is 0.456 e. The number of hydrogen-bond donors (Lipinski definition) is 1. The van der Waals surface area contributed by atoms with Crippen molar-refractivity contribution in [1.29, 1.82) is 5.41 Å². The molecule has 1 aromatic heterocycles. The van der Waals surface area contributed by atoms with Gasteiger partial charge in [0.1, 0.15) is 11.2 Å². The minimum Gasteiger partial charge on any atom is -0.456 e. The predicted octanol–water partition coefficient (Wildman–Crippen LogP) is 12.6. The van der Waals surface area contributed by atoms with Crippen LogP contribution in [0.2, 0.25) is 0 Å². The predicted molar refractivity (Wildman–Crippen MR) is 221 cm³/mol. The highest BCUT2D eigenvalue weighted by Crippen LogP contribution is 2.35. The van der Waals surface area contributed by atoms with Crippen LogP contribution >= 0.6 is 0 Å². The van der Waals surface area contributed by atoms with E-state index in [9.17, 15) is 5.41 Å². The van der Waals surface area contributed by atoms with E-state index in [2.05, 4.69) is 133 Å². The lowest BCUT2D eigenvalue weighted by Crippen LogP contribution is -2.05.